The van der Waals surface area contributed by atoms with Crippen LogP contribution in [0.3, 0.4) is 0 Å². The van der Waals surface area contributed by atoms with Crippen LogP contribution < -0.4 is 5.32 Å². The third-order valence-electron chi connectivity index (χ3n) is 2.49. The summed E-state index contributed by atoms with van der Waals surface area (Å²) in [6.07, 6.45) is 19.1. The molecule has 0 aromatic heterocycles. The SMILES string of the molecule is CCCCCC=CCCC=CC=CC(=O)NCC. The predicted octanol–water partition coefficient (Wildman–Crippen LogP) is 4.15. The van der Waals surface area contributed by atoms with E-state index in [0.717, 1.165) is 12.8 Å². The molecule has 0 aliphatic heterocycles. The van der Waals surface area contributed by atoms with Crippen molar-refractivity contribution < 1.29 is 4.79 Å². The van der Waals surface area contributed by atoms with Gasteiger partial charge in [0.25, 0.3) is 0 Å². The minimum absolute atomic E-state index is 0.0297. The lowest BCUT2D eigenvalue weighted by atomic mass is 10.2. The van der Waals surface area contributed by atoms with E-state index >= 15 is 0 Å². The Morgan fingerprint density at radius 2 is 1.67 bits per heavy atom. The van der Waals surface area contributed by atoms with Crippen LogP contribution in [0.4, 0.5) is 0 Å². The molecule has 0 atom stereocenters. The number of hydrogen-bond acceptors (Lipinski definition) is 1. The lowest BCUT2D eigenvalue weighted by Crippen LogP contribution is -2.19. The molecule has 0 aliphatic carbocycles. The summed E-state index contributed by atoms with van der Waals surface area (Å²) in [4.78, 5) is 11.1. The van der Waals surface area contributed by atoms with Gasteiger partial charge < -0.3 is 5.32 Å². The molecule has 0 saturated heterocycles. The largest absolute Gasteiger partial charge is 0.353 e. The van der Waals surface area contributed by atoms with Crippen molar-refractivity contribution >= 4 is 5.91 Å². The number of rotatable bonds is 10. The standard InChI is InChI=1S/C16H27NO/c1-3-5-6-7-8-9-10-11-12-13-14-15-16(18)17-4-2/h8-9,12-15H,3-7,10-11H2,1-2H3,(H,17,18). The van der Waals surface area contributed by atoms with Gasteiger partial charge in [-0.2, -0.15) is 0 Å². The third kappa shape index (κ3) is 12.8. The zero-order valence-corrected chi connectivity index (χ0v) is 11.8. The van der Waals surface area contributed by atoms with E-state index in [-0.39, 0.29) is 5.91 Å². The molecule has 0 rings (SSSR count). The average Bonchev–Trinajstić information content (AvgIpc) is 2.36. The van der Waals surface area contributed by atoms with Crippen molar-refractivity contribution in [2.24, 2.45) is 0 Å². The highest BCUT2D eigenvalue weighted by Crippen LogP contribution is 2.01. The van der Waals surface area contributed by atoms with Gasteiger partial charge in [-0.05, 0) is 32.6 Å². The first-order chi connectivity index (χ1) is 8.81. The quantitative estimate of drug-likeness (QED) is 0.268. The molecule has 0 aliphatic rings. The van der Waals surface area contributed by atoms with Crippen molar-refractivity contribution in [3.8, 4) is 0 Å². The van der Waals surface area contributed by atoms with E-state index in [0.29, 0.717) is 6.54 Å². The highest BCUT2D eigenvalue weighted by atomic mass is 16.1. The van der Waals surface area contributed by atoms with Crippen LogP contribution in [-0.2, 0) is 4.79 Å². The van der Waals surface area contributed by atoms with E-state index in [4.69, 9.17) is 0 Å². The molecule has 0 bridgehead atoms. The molecule has 2 nitrogen and oxygen atoms in total. The molecule has 0 spiro atoms. The topological polar surface area (TPSA) is 29.1 Å². The smallest absolute Gasteiger partial charge is 0.243 e. The van der Waals surface area contributed by atoms with E-state index in [1.54, 1.807) is 12.2 Å². The Labute approximate surface area is 112 Å². The summed E-state index contributed by atoms with van der Waals surface area (Å²) >= 11 is 0. The summed E-state index contributed by atoms with van der Waals surface area (Å²) < 4.78 is 0. The van der Waals surface area contributed by atoms with Gasteiger partial charge in [0.15, 0.2) is 0 Å². The molecule has 0 heterocycles. The Bertz CT molecular complexity index is 277. The Morgan fingerprint density at radius 3 is 2.39 bits per heavy atom. The number of carbonyl (C=O) groups is 1. The van der Waals surface area contributed by atoms with Gasteiger partial charge in [0.05, 0.1) is 0 Å². The summed E-state index contributed by atoms with van der Waals surface area (Å²) in [5, 5.41) is 2.71. The molecule has 0 aromatic carbocycles. The minimum Gasteiger partial charge on any atom is -0.353 e. The third-order valence-corrected chi connectivity index (χ3v) is 2.49. The Hall–Kier alpha value is -1.31. The van der Waals surface area contributed by atoms with E-state index in [1.165, 1.54) is 25.7 Å². The van der Waals surface area contributed by atoms with Crippen molar-refractivity contribution in [1.82, 2.24) is 5.32 Å². The van der Waals surface area contributed by atoms with Crippen molar-refractivity contribution in [2.45, 2.75) is 52.4 Å². The Morgan fingerprint density at radius 1 is 0.944 bits per heavy atom. The first-order valence-electron chi connectivity index (χ1n) is 7.07. The number of amides is 1. The normalized spacial score (nSPS) is 11.9. The molecule has 1 N–H and O–H groups in total. The second-order valence-corrected chi connectivity index (χ2v) is 4.23. The number of nitrogens with one attached hydrogen (secondary N) is 1. The monoisotopic (exact) mass is 249 g/mol. The summed E-state index contributed by atoms with van der Waals surface area (Å²) in [6.45, 7) is 4.81. The van der Waals surface area contributed by atoms with Crippen molar-refractivity contribution in [3.05, 3.63) is 36.5 Å². The maximum Gasteiger partial charge on any atom is 0.243 e. The van der Waals surface area contributed by atoms with Gasteiger partial charge in [-0.15, -0.1) is 0 Å². The fourth-order valence-electron chi connectivity index (χ4n) is 1.49. The summed E-state index contributed by atoms with van der Waals surface area (Å²) in [6, 6.07) is 0. The van der Waals surface area contributed by atoms with Crippen LogP contribution in [0.25, 0.3) is 0 Å². The molecule has 0 saturated carbocycles. The molecular formula is C16H27NO. The van der Waals surface area contributed by atoms with Gasteiger partial charge in [-0.1, -0.05) is 50.1 Å². The van der Waals surface area contributed by atoms with Crippen LogP contribution in [0.1, 0.15) is 52.4 Å². The van der Waals surface area contributed by atoms with Crippen LogP contribution in [-0.4, -0.2) is 12.5 Å². The van der Waals surface area contributed by atoms with Gasteiger partial charge in [0.1, 0.15) is 0 Å². The van der Waals surface area contributed by atoms with Crippen molar-refractivity contribution in [2.75, 3.05) is 6.54 Å². The van der Waals surface area contributed by atoms with Crippen molar-refractivity contribution in [1.29, 1.82) is 0 Å². The number of hydrogen-bond donors (Lipinski definition) is 1. The highest BCUT2D eigenvalue weighted by molar-refractivity contribution is 5.87. The number of carbonyl (C=O) groups excluding carboxylic acids is 1. The summed E-state index contributed by atoms with van der Waals surface area (Å²) in [5.41, 5.74) is 0. The van der Waals surface area contributed by atoms with Crippen molar-refractivity contribution in [3.63, 3.8) is 0 Å². The van der Waals surface area contributed by atoms with Crippen LogP contribution >= 0.6 is 0 Å². The van der Waals surface area contributed by atoms with E-state index < -0.39 is 0 Å². The van der Waals surface area contributed by atoms with Crippen LogP contribution in [0.5, 0.6) is 0 Å². The van der Waals surface area contributed by atoms with E-state index in [9.17, 15) is 4.79 Å². The predicted molar refractivity (Wildman–Crippen MR) is 79.5 cm³/mol. The fraction of sp³-hybridized carbons (Fsp3) is 0.562. The Balaban J connectivity index is 3.45. The molecule has 0 aromatic rings. The highest BCUT2D eigenvalue weighted by Gasteiger charge is 1.87. The Kier molecular flexibility index (Phi) is 12.8. The number of unbranched alkanes of at least 4 members (excludes halogenated alkanes) is 4. The summed E-state index contributed by atoms with van der Waals surface area (Å²) in [5.74, 6) is -0.0297. The molecule has 102 valence electrons. The zero-order valence-electron chi connectivity index (χ0n) is 11.8. The average molecular weight is 249 g/mol. The molecule has 0 fully saturated rings. The number of allylic oxidation sites excluding steroid dienone is 5. The zero-order chi connectivity index (χ0) is 13.5. The molecule has 0 unspecified atom stereocenters. The molecule has 1 amide bonds. The second kappa shape index (κ2) is 13.8. The van der Waals surface area contributed by atoms with Crippen LogP contribution in [0.15, 0.2) is 36.5 Å². The molecule has 2 heteroatoms. The van der Waals surface area contributed by atoms with Gasteiger partial charge in [0, 0.05) is 12.6 Å². The van der Waals surface area contributed by atoms with E-state index in [1.807, 2.05) is 13.0 Å². The van der Waals surface area contributed by atoms with Crippen LogP contribution in [0, 0.1) is 0 Å². The summed E-state index contributed by atoms with van der Waals surface area (Å²) in [7, 11) is 0. The maximum absolute atomic E-state index is 11.1. The van der Waals surface area contributed by atoms with Gasteiger partial charge in [0.2, 0.25) is 5.91 Å². The lowest BCUT2D eigenvalue weighted by Gasteiger charge is -1.92. The first-order valence-corrected chi connectivity index (χ1v) is 7.07. The maximum atomic E-state index is 11.1. The first kappa shape index (κ1) is 16.7. The molecular weight excluding hydrogens is 222 g/mol. The van der Waals surface area contributed by atoms with Crippen LogP contribution in [0.2, 0.25) is 0 Å². The van der Waals surface area contributed by atoms with Gasteiger partial charge in [-0.3, -0.25) is 4.79 Å². The van der Waals surface area contributed by atoms with E-state index in [2.05, 4.69) is 30.5 Å². The minimum atomic E-state index is -0.0297. The van der Waals surface area contributed by atoms with Gasteiger partial charge >= 0.3 is 0 Å². The lowest BCUT2D eigenvalue weighted by molar-refractivity contribution is -0.116. The number of likely N-dealkylation sites (N-methyl/N-ethyl adjacent to an activating group) is 1. The second-order valence-electron chi connectivity index (χ2n) is 4.23. The molecule has 0 radical (unpaired) electrons. The molecule has 18 heavy (non-hydrogen) atoms. The fourth-order valence-corrected chi connectivity index (χ4v) is 1.49. The van der Waals surface area contributed by atoms with Gasteiger partial charge in [-0.25, -0.2) is 0 Å².